The molecule has 0 aromatic heterocycles. The van der Waals surface area contributed by atoms with Crippen molar-refractivity contribution in [2.75, 3.05) is 13.2 Å². The number of benzene rings is 1. The van der Waals surface area contributed by atoms with Gasteiger partial charge in [0, 0.05) is 6.54 Å². The summed E-state index contributed by atoms with van der Waals surface area (Å²) in [5.74, 6) is 0.718. The van der Waals surface area contributed by atoms with Crippen LogP contribution in [-0.2, 0) is 11.2 Å². The Morgan fingerprint density at radius 2 is 2.06 bits per heavy atom. The van der Waals surface area contributed by atoms with Gasteiger partial charge in [-0.2, -0.15) is 0 Å². The first-order valence-electron chi connectivity index (χ1n) is 5.78. The van der Waals surface area contributed by atoms with Crippen LogP contribution in [0.5, 0.6) is 5.75 Å². The third-order valence-electron chi connectivity index (χ3n) is 2.19. The molecular formula is C13H19NO3. The fraction of sp³-hybridized carbons (Fsp3) is 0.462. The number of rotatable bonds is 6. The second-order valence-electron chi connectivity index (χ2n) is 3.91. The molecule has 0 heterocycles. The Balaban J connectivity index is 2.43. The van der Waals surface area contributed by atoms with E-state index in [1.165, 1.54) is 0 Å². The first-order chi connectivity index (χ1) is 8.11. The summed E-state index contributed by atoms with van der Waals surface area (Å²) in [5, 5.41) is 11.7. The standard InChI is InChI=1S/C13H19NO3/c1-3-17-12-6-4-11(5-7-12)8-13(16)14-9-10(2)15/h4-7,10,15H,3,8-9H2,1-2H3,(H,14,16)/t10-/m0/s1. The summed E-state index contributed by atoms with van der Waals surface area (Å²) in [5.41, 5.74) is 0.927. The summed E-state index contributed by atoms with van der Waals surface area (Å²) in [6.07, 6.45) is -0.196. The van der Waals surface area contributed by atoms with E-state index in [2.05, 4.69) is 5.32 Å². The number of carbonyl (C=O) groups is 1. The van der Waals surface area contributed by atoms with Gasteiger partial charge in [0.25, 0.3) is 0 Å². The van der Waals surface area contributed by atoms with Crippen molar-refractivity contribution in [3.05, 3.63) is 29.8 Å². The van der Waals surface area contributed by atoms with E-state index >= 15 is 0 Å². The summed E-state index contributed by atoms with van der Waals surface area (Å²) in [6.45, 7) is 4.48. The number of hydrogen-bond donors (Lipinski definition) is 2. The van der Waals surface area contributed by atoms with E-state index in [4.69, 9.17) is 9.84 Å². The van der Waals surface area contributed by atoms with Crippen LogP contribution in [0, 0.1) is 0 Å². The van der Waals surface area contributed by atoms with Gasteiger partial charge >= 0.3 is 0 Å². The maximum Gasteiger partial charge on any atom is 0.224 e. The normalized spacial score (nSPS) is 11.9. The lowest BCUT2D eigenvalue weighted by Crippen LogP contribution is -2.31. The summed E-state index contributed by atoms with van der Waals surface area (Å²) in [4.78, 5) is 11.5. The molecule has 0 spiro atoms. The second-order valence-corrected chi connectivity index (χ2v) is 3.91. The van der Waals surface area contributed by atoms with Crippen molar-refractivity contribution in [3.8, 4) is 5.75 Å². The van der Waals surface area contributed by atoms with Gasteiger partial charge in [0.15, 0.2) is 0 Å². The summed E-state index contributed by atoms with van der Waals surface area (Å²) < 4.78 is 5.31. The molecule has 1 atom stereocenters. The van der Waals surface area contributed by atoms with E-state index in [1.54, 1.807) is 6.92 Å². The molecule has 0 aliphatic heterocycles. The van der Waals surface area contributed by atoms with E-state index < -0.39 is 6.10 Å². The van der Waals surface area contributed by atoms with Gasteiger partial charge in [-0.05, 0) is 31.5 Å². The highest BCUT2D eigenvalue weighted by molar-refractivity contribution is 5.78. The van der Waals surface area contributed by atoms with Crippen molar-refractivity contribution in [1.29, 1.82) is 0 Å². The third-order valence-corrected chi connectivity index (χ3v) is 2.19. The Bertz CT molecular complexity index is 346. The molecule has 0 fully saturated rings. The van der Waals surface area contributed by atoms with E-state index in [0.717, 1.165) is 11.3 Å². The fourth-order valence-electron chi connectivity index (χ4n) is 1.38. The molecule has 0 bridgehead atoms. The van der Waals surface area contributed by atoms with Crippen LogP contribution in [0.25, 0.3) is 0 Å². The molecule has 0 radical (unpaired) electrons. The molecule has 1 aromatic rings. The number of aliphatic hydroxyl groups is 1. The molecule has 4 heteroatoms. The molecule has 1 amide bonds. The van der Waals surface area contributed by atoms with Crippen LogP contribution in [0.2, 0.25) is 0 Å². The molecule has 1 rings (SSSR count). The molecule has 94 valence electrons. The minimum absolute atomic E-state index is 0.0879. The molecule has 0 aliphatic carbocycles. The lowest BCUT2D eigenvalue weighted by atomic mass is 10.1. The lowest BCUT2D eigenvalue weighted by molar-refractivity contribution is -0.120. The lowest BCUT2D eigenvalue weighted by Gasteiger charge is -2.07. The van der Waals surface area contributed by atoms with Gasteiger partial charge in [0.2, 0.25) is 5.91 Å². The zero-order chi connectivity index (χ0) is 12.7. The number of carbonyl (C=O) groups excluding carboxylic acids is 1. The van der Waals surface area contributed by atoms with Crippen LogP contribution in [0.3, 0.4) is 0 Å². The van der Waals surface area contributed by atoms with Gasteiger partial charge in [-0.15, -0.1) is 0 Å². The second kappa shape index (κ2) is 6.91. The smallest absolute Gasteiger partial charge is 0.224 e. The minimum Gasteiger partial charge on any atom is -0.494 e. The van der Waals surface area contributed by atoms with Gasteiger partial charge in [-0.25, -0.2) is 0 Å². The molecule has 0 saturated carbocycles. The van der Waals surface area contributed by atoms with Crippen molar-refractivity contribution in [1.82, 2.24) is 5.32 Å². The van der Waals surface area contributed by atoms with E-state index in [0.29, 0.717) is 13.0 Å². The summed E-state index contributed by atoms with van der Waals surface area (Å²) in [7, 11) is 0. The Labute approximate surface area is 102 Å². The van der Waals surface area contributed by atoms with Gasteiger partial charge in [0.05, 0.1) is 19.1 Å². The molecule has 2 N–H and O–H groups in total. The summed E-state index contributed by atoms with van der Waals surface area (Å²) in [6, 6.07) is 7.43. The van der Waals surface area contributed by atoms with Crippen molar-refractivity contribution >= 4 is 5.91 Å². The fourth-order valence-corrected chi connectivity index (χ4v) is 1.38. The Kier molecular flexibility index (Phi) is 5.49. The van der Waals surface area contributed by atoms with Gasteiger partial charge < -0.3 is 15.2 Å². The van der Waals surface area contributed by atoms with Crippen molar-refractivity contribution in [3.63, 3.8) is 0 Å². The SMILES string of the molecule is CCOc1ccc(CC(=O)NC[C@H](C)O)cc1. The van der Waals surface area contributed by atoms with Crippen LogP contribution in [0.15, 0.2) is 24.3 Å². The third kappa shape index (κ3) is 5.36. The highest BCUT2D eigenvalue weighted by Crippen LogP contribution is 2.12. The van der Waals surface area contributed by atoms with Crippen molar-refractivity contribution < 1.29 is 14.6 Å². The average Bonchev–Trinajstić information content (AvgIpc) is 2.29. The largest absolute Gasteiger partial charge is 0.494 e. The van der Waals surface area contributed by atoms with Crippen LogP contribution >= 0.6 is 0 Å². The van der Waals surface area contributed by atoms with Crippen molar-refractivity contribution in [2.45, 2.75) is 26.4 Å². The van der Waals surface area contributed by atoms with E-state index in [-0.39, 0.29) is 12.5 Å². The molecule has 0 aliphatic rings. The number of hydrogen-bond acceptors (Lipinski definition) is 3. The Morgan fingerprint density at radius 3 is 2.59 bits per heavy atom. The quantitative estimate of drug-likeness (QED) is 0.779. The van der Waals surface area contributed by atoms with Crippen LogP contribution < -0.4 is 10.1 Å². The molecule has 1 aromatic carbocycles. The molecule has 17 heavy (non-hydrogen) atoms. The maximum atomic E-state index is 11.5. The molecular weight excluding hydrogens is 218 g/mol. The molecule has 0 unspecified atom stereocenters. The topological polar surface area (TPSA) is 58.6 Å². The van der Waals surface area contributed by atoms with Gasteiger partial charge in [0.1, 0.15) is 5.75 Å². The van der Waals surface area contributed by atoms with Crippen LogP contribution in [-0.4, -0.2) is 30.3 Å². The highest BCUT2D eigenvalue weighted by atomic mass is 16.5. The number of amides is 1. The minimum atomic E-state index is -0.515. The Hall–Kier alpha value is -1.55. The highest BCUT2D eigenvalue weighted by Gasteiger charge is 2.04. The van der Waals surface area contributed by atoms with Gasteiger partial charge in [-0.3, -0.25) is 4.79 Å². The first-order valence-corrected chi connectivity index (χ1v) is 5.78. The number of nitrogens with one attached hydrogen (secondary N) is 1. The zero-order valence-corrected chi connectivity index (χ0v) is 10.3. The number of ether oxygens (including phenoxy) is 1. The molecule has 4 nitrogen and oxygen atoms in total. The van der Waals surface area contributed by atoms with E-state index in [9.17, 15) is 4.79 Å². The van der Waals surface area contributed by atoms with Crippen LogP contribution in [0.1, 0.15) is 19.4 Å². The Morgan fingerprint density at radius 1 is 1.41 bits per heavy atom. The van der Waals surface area contributed by atoms with E-state index in [1.807, 2.05) is 31.2 Å². The number of aliphatic hydroxyl groups excluding tert-OH is 1. The van der Waals surface area contributed by atoms with Crippen molar-refractivity contribution in [2.24, 2.45) is 0 Å². The first kappa shape index (κ1) is 13.5. The zero-order valence-electron chi connectivity index (χ0n) is 10.3. The predicted molar refractivity (Wildman–Crippen MR) is 66.0 cm³/mol. The monoisotopic (exact) mass is 237 g/mol. The predicted octanol–water partition coefficient (Wildman–Crippen LogP) is 1.12. The summed E-state index contributed by atoms with van der Waals surface area (Å²) >= 11 is 0. The van der Waals surface area contributed by atoms with Crippen LogP contribution in [0.4, 0.5) is 0 Å². The average molecular weight is 237 g/mol. The molecule has 0 saturated heterocycles. The maximum absolute atomic E-state index is 11.5. The van der Waals surface area contributed by atoms with Gasteiger partial charge in [-0.1, -0.05) is 12.1 Å².